The van der Waals surface area contributed by atoms with Crippen molar-refractivity contribution in [2.24, 2.45) is 7.05 Å². The second kappa shape index (κ2) is 5.98. The second-order valence-electron chi connectivity index (χ2n) is 3.11. The Balaban J connectivity index is 0.000000531. The molecule has 2 rings (SSSR count). The summed E-state index contributed by atoms with van der Waals surface area (Å²) in [6.07, 6.45) is 2.79. The van der Waals surface area contributed by atoms with Crippen LogP contribution < -0.4 is 0 Å². The monoisotopic (exact) mass is 204 g/mol. The molecule has 1 aromatic carbocycles. The maximum absolute atomic E-state index is 7.00. The highest BCUT2D eigenvalue weighted by Crippen LogP contribution is 2.07. The number of benzene rings is 1. The van der Waals surface area contributed by atoms with Crippen molar-refractivity contribution in [1.82, 2.24) is 9.78 Å². The lowest BCUT2D eigenvalue weighted by Gasteiger charge is -2.01. The fourth-order valence-electron chi connectivity index (χ4n) is 1.38. The molecule has 3 nitrogen and oxygen atoms in total. The summed E-state index contributed by atoms with van der Waals surface area (Å²) in [6.45, 7) is 0. The van der Waals surface area contributed by atoms with Crippen molar-refractivity contribution in [1.29, 1.82) is 0 Å². The molecule has 80 valence electrons. The van der Waals surface area contributed by atoms with E-state index in [2.05, 4.69) is 29.4 Å². The third kappa shape index (κ3) is 3.22. The van der Waals surface area contributed by atoms with Crippen LogP contribution in [0, 0.1) is 0 Å². The van der Waals surface area contributed by atoms with Gasteiger partial charge in [-0.15, -0.1) is 0 Å². The van der Waals surface area contributed by atoms with Crippen molar-refractivity contribution in [3.05, 3.63) is 53.9 Å². The Kier molecular flexibility index (Phi) is 4.57. The van der Waals surface area contributed by atoms with Gasteiger partial charge < -0.3 is 5.11 Å². The minimum Gasteiger partial charge on any atom is -0.400 e. The van der Waals surface area contributed by atoms with E-state index in [1.807, 2.05) is 30.1 Å². The minimum atomic E-state index is 0.956. The van der Waals surface area contributed by atoms with Crippen molar-refractivity contribution in [2.75, 3.05) is 7.11 Å². The number of aryl methyl sites for hydroxylation is 1. The Labute approximate surface area is 90.0 Å². The zero-order valence-electron chi connectivity index (χ0n) is 9.09. The van der Waals surface area contributed by atoms with E-state index in [-0.39, 0.29) is 0 Å². The van der Waals surface area contributed by atoms with Gasteiger partial charge in [0, 0.05) is 32.5 Å². The molecule has 0 saturated heterocycles. The van der Waals surface area contributed by atoms with Crippen molar-refractivity contribution in [3.8, 4) is 0 Å². The molecule has 0 aliphatic rings. The van der Waals surface area contributed by atoms with E-state index in [9.17, 15) is 0 Å². The molecule has 15 heavy (non-hydrogen) atoms. The van der Waals surface area contributed by atoms with Crippen LogP contribution in [0.4, 0.5) is 0 Å². The summed E-state index contributed by atoms with van der Waals surface area (Å²) in [5.74, 6) is 0. The standard InChI is InChI=1S/C11H12N2.CH4O/c1-13-11(7-8-12-13)9-10-5-3-2-4-6-10;1-2/h2-8H,9H2,1H3;2H,1H3. The molecule has 0 atom stereocenters. The number of aromatic nitrogens is 2. The molecule has 2 aromatic rings. The predicted octanol–water partition coefficient (Wildman–Crippen LogP) is 1.62. The summed E-state index contributed by atoms with van der Waals surface area (Å²) in [7, 11) is 2.97. The van der Waals surface area contributed by atoms with Gasteiger partial charge in [-0.3, -0.25) is 4.68 Å². The van der Waals surface area contributed by atoms with Crippen LogP contribution in [0.15, 0.2) is 42.6 Å². The lowest BCUT2D eigenvalue weighted by atomic mass is 10.1. The fraction of sp³-hybridized carbons (Fsp3) is 0.250. The van der Waals surface area contributed by atoms with Crippen LogP contribution in [-0.4, -0.2) is 22.0 Å². The number of nitrogens with zero attached hydrogens (tertiary/aromatic N) is 2. The molecule has 0 radical (unpaired) electrons. The van der Waals surface area contributed by atoms with Crippen molar-refractivity contribution >= 4 is 0 Å². The van der Waals surface area contributed by atoms with E-state index >= 15 is 0 Å². The molecule has 0 fully saturated rings. The third-order valence-electron chi connectivity index (χ3n) is 2.15. The largest absolute Gasteiger partial charge is 0.400 e. The molecule has 0 unspecified atom stereocenters. The average molecular weight is 204 g/mol. The summed E-state index contributed by atoms with van der Waals surface area (Å²) in [5, 5.41) is 11.1. The summed E-state index contributed by atoms with van der Waals surface area (Å²) in [5.41, 5.74) is 2.57. The third-order valence-corrected chi connectivity index (χ3v) is 2.15. The van der Waals surface area contributed by atoms with Crippen molar-refractivity contribution in [3.63, 3.8) is 0 Å². The Morgan fingerprint density at radius 2 is 1.80 bits per heavy atom. The lowest BCUT2D eigenvalue weighted by molar-refractivity contribution is 0.399. The molecule has 0 bridgehead atoms. The molecule has 0 aliphatic heterocycles. The van der Waals surface area contributed by atoms with Crippen LogP contribution >= 0.6 is 0 Å². The molecule has 0 aliphatic carbocycles. The number of hydrogen-bond donors (Lipinski definition) is 1. The Morgan fingerprint density at radius 1 is 1.13 bits per heavy atom. The zero-order chi connectivity index (χ0) is 11.1. The van der Waals surface area contributed by atoms with Crippen molar-refractivity contribution in [2.45, 2.75) is 6.42 Å². The summed E-state index contributed by atoms with van der Waals surface area (Å²) >= 11 is 0. The van der Waals surface area contributed by atoms with E-state index in [1.165, 1.54) is 11.3 Å². The zero-order valence-corrected chi connectivity index (χ0v) is 9.09. The summed E-state index contributed by atoms with van der Waals surface area (Å²) < 4.78 is 1.91. The van der Waals surface area contributed by atoms with Gasteiger partial charge in [-0.2, -0.15) is 5.10 Å². The minimum absolute atomic E-state index is 0.956. The highest BCUT2D eigenvalue weighted by Gasteiger charge is 1.98. The van der Waals surface area contributed by atoms with Gasteiger partial charge in [-0.05, 0) is 11.6 Å². The number of aliphatic hydroxyl groups excluding tert-OH is 1. The smallest absolute Gasteiger partial charge is 0.0492 e. The van der Waals surface area contributed by atoms with Gasteiger partial charge in [-0.1, -0.05) is 30.3 Å². The van der Waals surface area contributed by atoms with Crippen LogP contribution in [0.2, 0.25) is 0 Å². The quantitative estimate of drug-likeness (QED) is 0.807. The van der Waals surface area contributed by atoms with Gasteiger partial charge >= 0.3 is 0 Å². The average Bonchev–Trinajstić information content (AvgIpc) is 2.69. The summed E-state index contributed by atoms with van der Waals surface area (Å²) in [4.78, 5) is 0. The van der Waals surface area contributed by atoms with Crippen LogP contribution in [0.3, 0.4) is 0 Å². The number of rotatable bonds is 2. The highest BCUT2D eigenvalue weighted by molar-refractivity contribution is 5.20. The Hall–Kier alpha value is -1.61. The fourth-order valence-corrected chi connectivity index (χ4v) is 1.38. The molecule has 1 N–H and O–H groups in total. The number of aliphatic hydroxyl groups is 1. The first kappa shape index (κ1) is 11.5. The van der Waals surface area contributed by atoms with Crippen LogP contribution in [-0.2, 0) is 13.5 Å². The molecular formula is C12H16N2O. The molecule has 0 amide bonds. The van der Waals surface area contributed by atoms with Crippen LogP contribution in [0.5, 0.6) is 0 Å². The molecule has 1 aromatic heterocycles. The van der Waals surface area contributed by atoms with E-state index in [1.54, 1.807) is 0 Å². The molecule has 3 heteroatoms. The summed E-state index contributed by atoms with van der Waals surface area (Å²) in [6, 6.07) is 12.5. The van der Waals surface area contributed by atoms with Gasteiger partial charge in [0.25, 0.3) is 0 Å². The topological polar surface area (TPSA) is 38.0 Å². The lowest BCUT2D eigenvalue weighted by Crippen LogP contribution is -1.98. The van der Waals surface area contributed by atoms with E-state index in [4.69, 9.17) is 5.11 Å². The number of hydrogen-bond acceptors (Lipinski definition) is 2. The molecule has 0 saturated carbocycles. The highest BCUT2D eigenvalue weighted by atomic mass is 16.2. The molecule has 1 heterocycles. The molecule has 0 spiro atoms. The maximum Gasteiger partial charge on any atom is 0.0492 e. The second-order valence-corrected chi connectivity index (χ2v) is 3.11. The van der Waals surface area contributed by atoms with Gasteiger partial charge in [0.15, 0.2) is 0 Å². The maximum atomic E-state index is 7.00. The van der Waals surface area contributed by atoms with Gasteiger partial charge in [0.1, 0.15) is 0 Å². The van der Waals surface area contributed by atoms with Gasteiger partial charge in [0.05, 0.1) is 0 Å². The van der Waals surface area contributed by atoms with E-state index < -0.39 is 0 Å². The van der Waals surface area contributed by atoms with E-state index in [0.717, 1.165) is 13.5 Å². The van der Waals surface area contributed by atoms with Gasteiger partial charge in [0.2, 0.25) is 0 Å². The van der Waals surface area contributed by atoms with Crippen LogP contribution in [0.1, 0.15) is 11.3 Å². The van der Waals surface area contributed by atoms with Gasteiger partial charge in [-0.25, -0.2) is 0 Å². The first-order valence-corrected chi connectivity index (χ1v) is 4.82. The first-order chi connectivity index (χ1) is 7.36. The Bertz CT molecular complexity index is 382. The van der Waals surface area contributed by atoms with Crippen molar-refractivity contribution < 1.29 is 5.11 Å². The molecular weight excluding hydrogens is 188 g/mol. The normalized spacial score (nSPS) is 9.27. The van der Waals surface area contributed by atoms with Crippen LogP contribution in [0.25, 0.3) is 0 Å². The Morgan fingerprint density at radius 3 is 2.33 bits per heavy atom. The predicted molar refractivity (Wildman–Crippen MR) is 60.6 cm³/mol. The first-order valence-electron chi connectivity index (χ1n) is 4.82. The van der Waals surface area contributed by atoms with E-state index in [0.29, 0.717) is 0 Å². The SMILES string of the molecule is CO.Cn1nccc1Cc1ccccc1.